The molecule has 3 aliphatic rings. The SMILES string of the molecule is COc1cc2cc(c1Cl)N(C)C(=O)C[C@H](OC(=O)[C@H](C)N(C)C(=O)CCCCCN)[C@@]1(C)O[C@H]1[C@H](C)C1C[C@@](O)(NC(=O)O1)C(OC)/C=C/C=C(\C)C2. The molecule has 53 heavy (non-hydrogen) atoms. The molecule has 2 saturated heterocycles. The fourth-order valence-electron chi connectivity index (χ4n) is 6.99. The van der Waals surface area contributed by atoms with Crippen molar-refractivity contribution in [2.24, 2.45) is 11.7 Å². The van der Waals surface area contributed by atoms with Crippen molar-refractivity contribution < 1.29 is 48.0 Å². The number of hydrogen-bond acceptors (Lipinski definition) is 11. The number of halogens is 1. The molecule has 4 bridgehead atoms. The number of nitrogens with one attached hydrogen (secondary N) is 1. The molecule has 8 atom stereocenters. The first-order valence-corrected chi connectivity index (χ1v) is 18.4. The van der Waals surface area contributed by atoms with Crippen LogP contribution in [0, 0.1) is 5.92 Å². The molecule has 0 aliphatic carbocycles. The van der Waals surface area contributed by atoms with Gasteiger partial charge >= 0.3 is 12.1 Å². The number of aliphatic hydroxyl groups is 1. The third-order valence-corrected chi connectivity index (χ3v) is 11.0. The molecule has 294 valence electrons. The highest BCUT2D eigenvalue weighted by atomic mass is 35.5. The molecule has 0 radical (unpaired) electrons. The topological polar surface area (TPSA) is 182 Å². The third kappa shape index (κ3) is 9.71. The second kappa shape index (κ2) is 17.6. The van der Waals surface area contributed by atoms with E-state index in [4.69, 9.17) is 41.0 Å². The smallest absolute Gasteiger partial charge is 0.409 e. The molecule has 2 unspecified atom stereocenters. The fraction of sp³-hybridized carbons (Fsp3) is 0.632. The van der Waals surface area contributed by atoms with E-state index in [1.807, 2.05) is 13.0 Å². The van der Waals surface area contributed by atoms with Gasteiger partial charge in [0.2, 0.25) is 11.8 Å². The Kier molecular flexibility index (Phi) is 14.0. The van der Waals surface area contributed by atoms with E-state index in [1.165, 1.54) is 31.1 Å². The number of carbonyl (C=O) groups is 4. The Bertz CT molecular complexity index is 1590. The number of epoxide rings is 1. The number of ether oxygens (including phenoxy) is 5. The maximum absolute atomic E-state index is 14.1. The fourth-order valence-corrected chi connectivity index (χ4v) is 7.30. The Morgan fingerprint density at radius 1 is 1.23 bits per heavy atom. The van der Waals surface area contributed by atoms with Gasteiger partial charge in [-0.05, 0) is 64.3 Å². The van der Waals surface area contributed by atoms with Gasteiger partial charge in [-0.1, -0.05) is 48.7 Å². The summed E-state index contributed by atoms with van der Waals surface area (Å²) in [6, 6.07) is 2.62. The summed E-state index contributed by atoms with van der Waals surface area (Å²) < 4.78 is 29.2. The Morgan fingerprint density at radius 3 is 2.60 bits per heavy atom. The molecule has 0 aromatic heterocycles. The molecule has 3 amide bonds. The van der Waals surface area contributed by atoms with Crippen molar-refractivity contribution in [2.75, 3.05) is 39.8 Å². The molecule has 1 aromatic carbocycles. The van der Waals surface area contributed by atoms with E-state index >= 15 is 0 Å². The summed E-state index contributed by atoms with van der Waals surface area (Å²) in [6.07, 6.45) is 3.45. The highest BCUT2D eigenvalue weighted by molar-refractivity contribution is 6.35. The number of anilines is 1. The molecule has 1 aromatic rings. The number of allylic oxidation sites excluding steroid dienone is 3. The van der Waals surface area contributed by atoms with Crippen molar-refractivity contribution in [3.05, 3.63) is 46.5 Å². The lowest BCUT2D eigenvalue weighted by atomic mass is 9.83. The number of hydrogen-bond donors (Lipinski definition) is 3. The average molecular weight is 763 g/mol. The van der Waals surface area contributed by atoms with Crippen LogP contribution in [0.3, 0.4) is 0 Å². The standard InChI is InChI=1S/C38H55ClN4O10/c1-22-13-12-14-29(50-8)38(48)21-28(51-36(47)41-38)23(2)34-37(4,53-34)30(52-35(46)24(3)42(5)31(44)15-10-9-11-16-40)20-32(45)43(6)26-18-25(17-22)19-27(49-7)33(26)39/h12-14,18-19,23-24,28-30,34,48H,9-11,15-17,20-21,40H2,1-8H3,(H,41,47)/b14-12+,22-13+/t23-,24+,28?,29?,30+,34+,37-,38+/m1/s1. The van der Waals surface area contributed by atoms with Crippen LogP contribution in [0.25, 0.3) is 0 Å². The van der Waals surface area contributed by atoms with Crippen molar-refractivity contribution >= 4 is 41.2 Å². The van der Waals surface area contributed by atoms with E-state index in [0.29, 0.717) is 30.8 Å². The van der Waals surface area contributed by atoms with Crippen molar-refractivity contribution in [2.45, 2.75) is 114 Å². The highest BCUT2D eigenvalue weighted by Gasteiger charge is 2.64. The van der Waals surface area contributed by atoms with Crippen LogP contribution in [0.15, 0.2) is 35.9 Å². The molecule has 2 fully saturated rings. The second-order valence-electron chi connectivity index (χ2n) is 14.5. The van der Waals surface area contributed by atoms with E-state index in [9.17, 15) is 24.3 Å². The van der Waals surface area contributed by atoms with Gasteiger partial charge in [0, 0.05) is 40.0 Å². The maximum atomic E-state index is 14.1. The zero-order valence-corrected chi connectivity index (χ0v) is 32.7. The molecule has 0 saturated carbocycles. The summed E-state index contributed by atoms with van der Waals surface area (Å²) in [5, 5.41) is 14.5. The zero-order valence-electron chi connectivity index (χ0n) is 32.0. The summed E-state index contributed by atoms with van der Waals surface area (Å²) in [6.45, 7) is 7.55. The zero-order chi connectivity index (χ0) is 39.2. The Morgan fingerprint density at radius 2 is 1.94 bits per heavy atom. The Labute approximate surface area is 316 Å². The molecular formula is C38H55ClN4O10. The number of likely N-dealkylation sites (N-methyl/N-ethyl adjacent to an activating group) is 1. The monoisotopic (exact) mass is 762 g/mol. The van der Waals surface area contributed by atoms with Crippen LogP contribution >= 0.6 is 11.6 Å². The normalized spacial score (nSPS) is 31.2. The number of esters is 1. The minimum absolute atomic E-state index is 0.0487. The van der Waals surface area contributed by atoms with Crippen molar-refractivity contribution in [1.29, 1.82) is 0 Å². The highest BCUT2D eigenvalue weighted by Crippen LogP contribution is 2.49. The molecule has 15 heteroatoms. The molecule has 14 nitrogen and oxygen atoms in total. The molecule has 3 heterocycles. The van der Waals surface area contributed by atoms with Gasteiger partial charge in [0.05, 0.1) is 25.3 Å². The van der Waals surface area contributed by atoms with Gasteiger partial charge in [0.15, 0.2) is 5.72 Å². The van der Waals surface area contributed by atoms with Gasteiger partial charge in [0.1, 0.15) is 40.7 Å². The Hall–Kier alpha value is -3.69. The van der Waals surface area contributed by atoms with Crippen molar-refractivity contribution in [3.63, 3.8) is 0 Å². The molecule has 0 spiro atoms. The summed E-state index contributed by atoms with van der Waals surface area (Å²) in [7, 11) is 6.04. The number of methoxy groups -OCH3 is 2. The van der Waals surface area contributed by atoms with E-state index in [-0.39, 0.29) is 30.2 Å². The van der Waals surface area contributed by atoms with Crippen LogP contribution in [-0.4, -0.2) is 111 Å². The van der Waals surface area contributed by atoms with E-state index in [2.05, 4.69) is 5.32 Å². The number of nitrogens with zero attached hydrogens (tertiary/aromatic N) is 2. The van der Waals surface area contributed by atoms with Gasteiger partial charge in [0.25, 0.3) is 0 Å². The van der Waals surface area contributed by atoms with Gasteiger partial charge in [-0.15, -0.1) is 0 Å². The predicted octanol–water partition coefficient (Wildman–Crippen LogP) is 4.03. The van der Waals surface area contributed by atoms with E-state index < -0.39 is 65.7 Å². The molecule has 4 rings (SSSR count). The number of rotatable bonds is 10. The first kappa shape index (κ1) is 42.1. The lowest BCUT2D eigenvalue weighted by Crippen LogP contribution is -2.63. The maximum Gasteiger partial charge on any atom is 0.409 e. The molecular weight excluding hydrogens is 708 g/mol. The number of fused-ring (bicyclic) bond motifs is 5. The largest absolute Gasteiger partial charge is 0.495 e. The van der Waals surface area contributed by atoms with Gasteiger partial charge < -0.3 is 44.3 Å². The molecule has 3 aliphatic heterocycles. The number of benzene rings is 1. The number of alkyl carbamates (subject to hydrolysis) is 1. The van der Waals surface area contributed by atoms with Crippen LogP contribution in [0.2, 0.25) is 5.02 Å². The van der Waals surface area contributed by atoms with Crippen LogP contribution in [0.5, 0.6) is 5.75 Å². The van der Waals surface area contributed by atoms with Crippen LogP contribution in [-0.2, 0) is 39.8 Å². The van der Waals surface area contributed by atoms with Crippen LogP contribution in [0.4, 0.5) is 10.5 Å². The summed E-state index contributed by atoms with van der Waals surface area (Å²) in [4.78, 5) is 56.4. The van der Waals surface area contributed by atoms with E-state index in [1.54, 1.807) is 52.1 Å². The number of nitrogens with two attached hydrogens (primary N) is 1. The minimum atomic E-state index is -1.82. The van der Waals surface area contributed by atoms with Crippen LogP contribution < -0.4 is 20.7 Å². The van der Waals surface area contributed by atoms with Crippen molar-refractivity contribution in [1.82, 2.24) is 10.2 Å². The summed E-state index contributed by atoms with van der Waals surface area (Å²) >= 11 is 6.76. The summed E-state index contributed by atoms with van der Waals surface area (Å²) in [5.74, 6) is -1.52. The number of carbonyl (C=O) groups excluding carboxylic acids is 4. The van der Waals surface area contributed by atoms with Gasteiger partial charge in [-0.2, -0.15) is 0 Å². The summed E-state index contributed by atoms with van der Waals surface area (Å²) in [5.41, 5.74) is 4.67. The average Bonchev–Trinajstić information content (AvgIpc) is 3.81. The van der Waals surface area contributed by atoms with Gasteiger partial charge in [-0.25, -0.2) is 9.59 Å². The first-order chi connectivity index (χ1) is 25.0. The Balaban J connectivity index is 1.72. The van der Waals surface area contributed by atoms with Gasteiger partial charge in [-0.3, -0.25) is 14.9 Å². The quantitative estimate of drug-likeness (QED) is 0.178. The predicted molar refractivity (Wildman–Crippen MR) is 198 cm³/mol. The lowest BCUT2D eigenvalue weighted by molar-refractivity contribution is -0.162. The lowest BCUT2D eigenvalue weighted by Gasteiger charge is -2.42. The van der Waals surface area contributed by atoms with Crippen molar-refractivity contribution in [3.8, 4) is 5.75 Å². The third-order valence-electron chi connectivity index (χ3n) is 10.6. The number of unbranched alkanes of at least 4 members (excludes halogenated alkanes) is 2. The van der Waals surface area contributed by atoms with Crippen LogP contribution in [0.1, 0.15) is 71.8 Å². The first-order valence-electron chi connectivity index (χ1n) is 18.0. The molecule has 4 N–H and O–H groups in total. The second-order valence-corrected chi connectivity index (χ2v) is 14.9. The van der Waals surface area contributed by atoms with E-state index in [0.717, 1.165) is 24.0 Å². The minimum Gasteiger partial charge on any atom is -0.495 e. The number of amides is 3.